The van der Waals surface area contributed by atoms with Crippen molar-refractivity contribution >= 4 is 17.5 Å². The van der Waals surface area contributed by atoms with E-state index in [1.54, 1.807) is 19.1 Å². The van der Waals surface area contributed by atoms with Gasteiger partial charge in [-0.1, -0.05) is 17.8 Å². The summed E-state index contributed by atoms with van der Waals surface area (Å²) in [5.74, 6) is -0.807. The summed E-state index contributed by atoms with van der Waals surface area (Å²) in [5.41, 5.74) is 1.18. The van der Waals surface area contributed by atoms with Crippen molar-refractivity contribution in [1.29, 1.82) is 0 Å². The van der Waals surface area contributed by atoms with Crippen molar-refractivity contribution in [2.45, 2.75) is 32.0 Å². The molecule has 0 aliphatic carbocycles. The summed E-state index contributed by atoms with van der Waals surface area (Å²) in [6, 6.07) is 7.12. The average molecular weight is 445 g/mol. The molecule has 0 radical (unpaired) electrons. The third-order valence-electron chi connectivity index (χ3n) is 4.43. The first-order valence-electron chi connectivity index (χ1n) is 9.47. The first kappa shape index (κ1) is 22.6. The second-order valence-electron chi connectivity index (χ2n) is 6.96. The Morgan fingerprint density at radius 3 is 2.61 bits per heavy atom. The van der Waals surface area contributed by atoms with Crippen molar-refractivity contribution in [1.82, 2.24) is 14.5 Å². The van der Waals surface area contributed by atoms with Gasteiger partial charge in [0.25, 0.3) is 5.56 Å². The van der Waals surface area contributed by atoms with E-state index in [1.807, 2.05) is 0 Å². The number of thioether (sulfide) groups is 1. The van der Waals surface area contributed by atoms with Gasteiger partial charge in [0.05, 0.1) is 19.3 Å². The maximum absolute atomic E-state index is 14.4. The lowest BCUT2D eigenvalue weighted by Gasteiger charge is -2.11. The van der Waals surface area contributed by atoms with Gasteiger partial charge in [0.15, 0.2) is 22.5 Å². The molecule has 0 aliphatic heterocycles. The van der Waals surface area contributed by atoms with Gasteiger partial charge in [-0.25, -0.2) is 18.7 Å². The smallest absolute Gasteiger partial charge is 0.286 e. The highest BCUT2D eigenvalue weighted by Gasteiger charge is 2.13. The third kappa shape index (κ3) is 5.75. The topological polar surface area (TPSA) is 74.1 Å². The van der Waals surface area contributed by atoms with Crippen LogP contribution in [0.5, 0.6) is 5.75 Å². The molecule has 0 aliphatic rings. The molecule has 0 N–H and O–H groups in total. The van der Waals surface area contributed by atoms with Gasteiger partial charge in [-0.2, -0.15) is 0 Å². The summed E-state index contributed by atoms with van der Waals surface area (Å²) in [6.45, 7) is 3.28. The molecule has 3 aromatic rings. The zero-order valence-corrected chi connectivity index (χ0v) is 18.1. The lowest BCUT2D eigenvalue weighted by molar-refractivity contribution is -0.116. The van der Waals surface area contributed by atoms with E-state index in [9.17, 15) is 18.4 Å². The van der Waals surface area contributed by atoms with Crippen LogP contribution in [0.1, 0.15) is 24.6 Å². The molecule has 1 aromatic carbocycles. The number of hydrogen-bond donors (Lipinski definition) is 0. The van der Waals surface area contributed by atoms with Crippen LogP contribution in [0.4, 0.5) is 8.78 Å². The summed E-state index contributed by atoms with van der Waals surface area (Å²) in [6.07, 6.45) is 1.88. The largest absolute Gasteiger partial charge is 0.494 e. The fourth-order valence-corrected chi connectivity index (χ4v) is 3.85. The predicted octanol–water partition coefficient (Wildman–Crippen LogP) is 4.02. The van der Waals surface area contributed by atoms with E-state index in [2.05, 4.69) is 9.97 Å². The maximum atomic E-state index is 14.4. The van der Waals surface area contributed by atoms with Gasteiger partial charge >= 0.3 is 0 Å². The minimum absolute atomic E-state index is 0.0191. The van der Waals surface area contributed by atoms with Crippen LogP contribution in [-0.2, 0) is 11.3 Å². The monoisotopic (exact) mass is 445 g/mol. The minimum atomic E-state index is -0.937. The standard InChI is InChI=1S/C22H21F2N3O3S/c1-13-8-19(26-22(25-13)31-7-6-14(2)28)16-10-18(24)21(29)27(12-16)11-15-4-5-20(30-3)17(23)9-15/h4-5,8-10,12H,6-7,11H2,1-3H3. The lowest BCUT2D eigenvalue weighted by atomic mass is 10.1. The Morgan fingerprint density at radius 2 is 1.94 bits per heavy atom. The van der Waals surface area contributed by atoms with Gasteiger partial charge in [-0.3, -0.25) is 9.59 Å². The summed E-state index contributed by atoms with van der Waals surface area (Å²) in [7, 11) is 1.36. The van der Waals surface area contributed by atoms with E-state index in [4.69, 9.17) is 4.74 Å². The molecule has 162 valence electrons. The van der Waals surface area contributed by atoms with E-state index in [1.165, 1.54) is 48.7 Å². The third-order valence-corrected chi connectivity index (χ3v) is 5.28. The Labute approximate surface area is 182 Å². The molecule has 9 heteroatoms. The highest BCUT2D eigenvalue weighted by molar-refractivity contribution is 7.99. The van der Waals surface area contributed by atoms with Crippen LogP contribution in [-0.4, -0.2) is 33.2 Å². The average Bonchev–Trinajstić information content (AvgIpc) is 2.70. The lowest BCUT2D eigenvalue weighted by Crippen LogP contribution is -2.23. The van der Waals surface area contributed by atoms with Crippen molar-refractivity contribution in [3.63, 3.8) is 0 Å². The summed E-state index contributed by atoms with van der Waals surface area (Å²) < 4.78 is 34.5. The second-order valence-corrected chi connectivity index (χ2v) is 8.02. The Kier molecular flexibility index (Phi) is 7.17. The first-order chi connectivity index (χ1) is 14.8. The molecule has 2 aromatic heterocycles. The summed E-state index contributed by atoms with van der Waals surface area (Å²) in [4.78, 5) is 32.2. The number of benzene rings is 1. The number of carbonyl (C=O) groups is 1. The van der Waals surface area contributed by atoms with E-state index >= 15 is 0 Å². The van der Waals surface area contributed by atoms with E-state index in [0.29, 0.717) is 39.8 Å². The van der Waals surface area contributed by atoms with Gasteiger partial charge in [0, 0.05) is 29.6 Å². The number of aromatic nitrogens is 3. The molecule has 0 spiro atoms. The fourth-order valence-electron chi connectivity index (χ4n) is 2.90. The van der Waals surface area contributed by atoms with Crippen LogP contribution in [0.2, 0.25) is 0 Å². The normalized spacial score (nSPS) is 10.9. The van der Waals surface area contributed by atoms with Crippen LogP contribution in [0.3, 0.4) is 0 Å². The molecule has 0 bridgehead atoms. The molecule has 0 saturated carbocycles. The van der Waals surface area contributed by atoms with E-state index < -0.39 is 17.2 Å². The summed E-state index contributed by atoms with van der Waals surface area (Å²) >= 11 is 1.33. The molecule has 31 heavy (non-hydrogen) atoms. The molecular formula is C22H21F2N3O3S. The number of nitrogens with zero attached hydrogens (tertiary/aromatic N) is 3. The highest BCUT2D eigenvalue weighted by atomic mass is 32.2. The van der Waals surface area contributed by atoms with Gasteiger partial charge in [0.1, 0.15) is 5.78 Å². The molecule has 6 nitrogen and oxygen atoms in total. The number of carbonyl (C=O) groups excluding carboxylic acids is 1. The quantitative estimate of drug-likeness (QED) is 0.385. The number of aryl methyl sites for hydroxylation is 1. The SMILES string of the molecule is COc1ccc(Cn2cc(-c3cc(C)nc(SCCC(C)=O)n3)cc(F)c2=O)cc1F. The molecule has 0 saturated heterocycles. The van der Waals surface area contributed by atoms with Crippen LogP contribution in [0.15, 0.2) is 46.5 Å². The van der Waals surface area contributed by atoms with Gasteiger partial charge in [0.2, 0.25) is 0 Å². The maximum Gasteiger partial charge on any atom is 0.286 e. The zero-order valence-electron chi connectivity index (χ0n) is 17.3. The first-order valence-corrected chi connectivity index (χ1v) is 10.5. The number of rotatable bonds is 8. The van der Waals surface area contributed by atoms with E-state index in [0.717, 1.165) is 6.07 Å². The Bertz CT molecular complexity index is 1180. The number of hydrogen-bond acceptors (Lipinski definition) is 6. The Morgan fingerprint density at radius 1 is 1.16 bits per heavy atom. The number of Topliss-reactive ketones (excluding diaryl/α,β-unsaturated/α-hetero) is 1. The second kappa shape index (κ2) is 9.82. The molecular weight excluding hydrogens is 424 g/mol. The fraction of sp³-hybridized carbons (Fsp3) is 0.273. The highest BCUT2D eigenvalue weighted by Crippen LogP contribution is 2.23. The van der Waals surface area contributed by atoms with Crippen molar-refractivity contribution in [3.8, 4) is 17.0 Å². The number of methoxy groups -OCH3 is 1. The molecule has 3 rings (SSSR count). The van der Waals surface area contributed by atoms with Crippen LogP contribution < -0.4 is 10.3 Å². The van der Waals surface area contributed by atoms with Crippen LogP contribution >= 0.6 is 11.8 Å². The predicted molar refractivity (Wildman–Crippen MR) is 114 cm³/mol. The minimum Gasteiger partial charge on any atom is -0.494 e. The van der Waals surface area contributed by atoms with Crippen molar-refractivity contribution in [2.75, 3.05) is 12.9 Å². The van der Waals surface area contributed by atoms with Crippen LogP contribution in [0.25, 0.3) is 11.3 Å². The van der Waals surface area contributed by atoms with Crippen molar-refractivity contribution in [3.05, 3.63) is 69.8 Å². The zero-order chi connectivity index (χ0) is 22.5. The summed E-state index contributed by atoms with van der Waals surface area (Å²) in [5, 5.41) is 0.464. The number of pyridine rings is 1. The molecule has 0 atom stereocenters. The van der Waals surface area contributed by atoms with Gasteiger partial charge in [-0.05, 0) is 43.7 Å². The molecule has 2 heterocycles. The molecule has 0 fully saturated rings. The van der Waals surface area contributed by atoms with Gasteiger partial charge in [-0.15, -0.1) is 0 Å². The van der Waals surface area contributed by atoms with E-state index in [-0.39, 0.29) is 18.1 Å². The van der Waals surface area contributed by atoms with Crippen molar-refractivity contribution < 1.29 is 18.3 Å². The molecule has 0 unspecified atom stereocenters. The van der Waals surface area contributed by atoms with Crippen LogP contribution in [0, 0.1) is 18.6 Å². The number of ketones is 1. The van der Waals surface area contributed by atoms with Gasteiger partial charge < -0.3 is 9.30 Å². The number of halogens is 2. The number of ether oxygens (including phenoxy) is 1. The molecule has 0 amide bonds. The Balaban J connectivity index is 1.93. The Hall–Kier alpha value is -3.07. The van der Waals surface area contributed by atoms with Crippen molar-refractivity contribution in [2.24, 2.45) is 0 Å².